The molecule has 1 rings (SSSR count). The Labute approximate surface area is 98.6 Å². The Bertz CT molecular complexity index is 574. The Morgan fingerprint density at radius 3 is 2.59 bits per heavy atom. The smallest absolute Gasteiger partial charge is 0.258 e. The second kappa shape index (κ2) is 4.93. The first kappa shape index (κ1) is 13.1. The van der Waals surface area contributed by atoms with E-state index >= 15 is 0 Å². The minimum absolute atomic E-state index is 0.200. The highest BCUT2D eigenvalue weighted by atomic mass is 32.2. The molecule has 0 aliphatic heterocycles. The molecule has 17 heavy (non-hydrogen) atoms. The summed E-state index contributed by atoms with van der Waals surface area (Å²) in [6.07, 6.45) is -0.200. The first-order chi connectivity index (χ1) is 7.91. The Morgan fingerprint density at radius 1 is 1.47 bits per heavy atom. The zero-order valence-corrected chi connectivity index (χ0v) is 9.85. The average molecular weight is 254 g/mol. The molecule has 0 radical (unpaired) electrons. The van der Waals surface area contributed by atoms with E-state index in [0.717, 1.165) is 6.07 Å². The second-order valence-electron chi connectivity index (χ2n) is 3.44. The topological polar surface area (TPSA) is 101 Å². The minimum Gasteiger partial charge on any atom is -0.258 e. The predicted molar refractivity (Wildman–Crippen MR) is 60.0 cm³/mol. The number of sulfone groups is 1. The Morgan fingerprint density at radius 2 is 2.06 bits per heavy atom. The molecule has 1 aromatic carbocycles. The third-order valence-electron chi connectivity index (χ3n) is 2.28. The summed E-state index contributed by atoms with van der Waals surface area (Å²) in [5.74, 6) is 0. The summed E-state index contributed by atoms with van der Waals surface area (Å²) < 4.78 is 24.0. The lowest BCUT2D eigenvalue weighted by atomic mass is 10.3. The number of nitrogens with zero attached hydrogens (tertiary/aromatic N) is 2. The van der Waals surface area contributed by atoms with Crippen LogP contribution in [0.25, 0.3) is 0 Å². The van der Waals surface area contributed by atoms with E-state index in [4.69, 9.17) is 5.26 Å². The van der Waals surface area contributed by atoms with Crippen molar-refractivity contribution in [1.82, 2.24) is 0 Å². The van der Waals surface area contributed by atoms with Gasteiger partial charge in [-0.05, 0) is 13.0 Å². The number of nitro benzene ring substituents is 1. The fourth-order valence-electron chi connectivity index (χ4n) is 1.30. The van der Waals surface area contributed by atoms with Crippen molar-refractivity contribution < 1.29 is 13.3 Å². The van der Waals surface area contributed by atoms with Gasteiger partial charge in [0.25, 0.3) is 5.69 Å². The van der Waals surface area contributed by atoms with Crippen molar-refractivity contribution in [2.45, 2.75) is 23.5 Å². The van der Waals surface area contributed by atoms with E-state index in [1.54, 1.807) is 6.07 Å². The van der Waals surface area contributed by atoms with Gasteiger partial charge in [0, 0.05) is 6.07 Å². The maximum atomic E-state index is 12.0. The highest BCUT2D eigenvalue weighted by molar-refractivity contribution is 7.92. The van der Waals surface area contributed by atoms with Gasteiger partial charge in [-0.1, -0.05) is 12.1 Å². The molecule has 6 nitrogen and oxygen atoms in total. The molecule has 0 saturated heterocycles. The van der Waals surface area contributed by atoms with Crippen LogP contribution in [-0.4, -0.2) is 18.6 Å². The van der Waals surface area contributed by atoms with Crippen LogP contribution in [0.3, 0.4) is 0 Å². The molecule has 0 aromatic heterocycles. The molecule has 0 bridgehead atoms. The molecule has 1 aromatic rings. The minimum atomic E-state index is -3.84. The zero-order chi connectivity index (χ0) is 13.1. The zero-order valence-electron chi connectivity index (χ0n) is 9.03. The summed E-state index contributed by atoms with van der Waals surface area (Å²) in [7, 11) is -3.84. The number of benzene rings is 1. The van der Waals surface area contributed by atoms with E-state index in [1.165, 1.54) is 25.1 Å². The van der Waals surface area contributed by atoms with Gasteiger partial charge in [-0.3, -0.25) is 10.1 Å². The maximum absolute atomic E-state index is 12.0. The van der Waals surface area contributed by atoms with Crippen molar-refractivity contribution in [3.05, 3.63) is 34.4 Å². The van der Waals surface area contributed by atoms with Gasteiger partial charge in [-0.2, -0.15) is 5.26 Å². The van der Waals surface area contributed by atoms with E-state index in [9.17, 15) is 18.5 Å². The van der Waals surface area contributed by atoms with Crippen LogP contribution in [0.5, 0.6) is 0 Å². The summed E-state index contributed by atoms with van der Waals surface area (Å²) in [5, 5.41) is 18.2. The molecular formula is C10H10N2O4S. The molecule has 0 fully saturated rings. The van der Waals surface area contributed by atoms with E-state index in [0.29, 0.717) is 0 Å². The number of nitro groups is 1. The van der Waals surface area contributed by atoms with Crippen LogP contribution in [0, 0.1) is 21.4 Å². The lowest BCUT2D eigenvalue weighted by Gasteiger charge is -2.09. The highest BCUT2D eigenvalue weighted by Crippen LogP contribution is 2.27. The molecule has 0 aliphatic rings. The van der Waals surface area contributed by atoms with Crippen LogP contribution in [0.1, 0.15) is 13.3 Å². The number of para-hydroxylation sites is 1. The molecular weight excluding hydrogens is 244 g/mol. The number of hydrogen-bond acceptors (Lipinski definition) is 5. The van der Waals surface area contributed by atoms with E-state index in [2.05, 4.69) is 0 Å². The van der Waals surface area contributed by atoms with Crippen molar-refractivity contribution in [3.8, 4) is 6.07 Å². The van der Waals surface area contributed by atoms with Crippen LogP contribution < -0.4 is 0 Å². The summed E-state index contributed by atoms with van der Waals surface area (Å²) in [6.45, 7) is 1.36. The van der Waals surface area contributed by atoms with Gasteiger partial charge in [0.1, 0.15) is 4.90 Å². The summed E-state index contributed by atoms with van der Waals surface area (Å²) in [4.78, 5) is 9.64. The van der Waals surface area contributed by atoms with Crippen molar-refractivity contribution >= 4 is 15.5 Å². The van der Waals surface area contributed by atoms with Crippen molar-refractivity contribution in [2.24, 2.45) is 0 Å². The number of rotatable bonds is 4. The Balaban J connectivity index is 3.35. The van der Waals surface area contributed by atoms with Gasteiger partial charge in [0.15, 0.2) is 9.84 Å². The average Bonchev–Trinajstić information content (AvgIpc) is 2.29. The van der Waals surface area contributed by atoms with Crippen molar-refractivity contribution in [1.29, 1.82) is 5.26 Å². The normalized spacial score (nSPS) is 12.7. The van der Waals surface area contributed by atoms with Crippen LogP contribution >= 0.6 is 0 Å². The summed E-state index contributed by atoms with van der Waals surface area (Å²) in [6, 6.07) is 6.87. The van der Waals surface area contributed by atoms with Gasteiger partial charge in [0.2, 0.25) is 0 Å². The number of nitriles is 1. The van der Waals surface area contributed by atoms with E-state index in [-0.39, 0.29) is 11.3 Å². The molecule has 0 aliphatic carbocycles. The monoisotopic (exact) mass is 254 g/mol. The first-order valence-corrected chi connectivity index (χ1v) is 6.30. The van der Waals surface area contributed by atoms with Crippen molar-refractivity contribution in [3.63, 3.8) is 0 Å². The van der Waals surface area contributed by atoms with Crippen molar-refractivity contribution in [2.75, 3.05) is 0 Å². The standard InChI is InChI=1S/C10H10N2O4S/c1-8(6-7-11)17(15,16)10-5-3-2-4-9(10)12(13)14/h2-5,8H,6H2,1H3. The lowest BCUT2D eigenvalue weighted by Crippen LogP contribution is -2.18. The summed E-state index contributed by atoms with van der Waals surface area (Å²) >= 11 is 0. The Kier molecular flexibility index (Phi) is 3.81. The summed E-state index contributed by atoms with van der Waals surface area (Å²) in [5.41, 5.74) is -0.461. The molecule has 0 amide bonds. The lowest BCUT2D eigenvalue weighted by molar-refractivity contribution is -0.387. The maximum Gasteiger partial charge on any atom is 0.287 e. The van der Waals surface area contributed by atoms with Crippen LogP contribution in [0.4, 0.5) is 5.69 Å². The molecule has 0 saturated carbocycles. The van der Waals surface area contributed by atoms with Gasteiger partial charge in [-0.25, -0.2) is 8.42 Å². The van der Waals surface area contributed by atoms with Crippen LogP contribution in [0.2, 0.25) is 0 Å². The molecule has 0 heterocycles. The largest absolute Gasteiger partial charge is 0.287 e. The highest BCUT2D eigenvalue weighted by Gasteiger charge is 2.30. The fourth-order valence-corrected chi connectivity index (χ4v) is 2.73. The molecule has 90 valence electrons. The second-order valence-corrected chi connectivity index (χ2v) is 5.78. The SMILES string of the molecule is CC(CC#N)S(=O)(=O)c1ccccc1[N+](=O)[O-]. The third-order valence-corrected chi connectivity index (χ3v) is 4.46. The molecule has 1 atom stereocenters. The molecule has 1 unspecified atom stereocenters. The quantitative estimate of drug-likeness (QED) is 0.600. The molecule has 0 spiro atoms. The van der Waals surface area contributed by atoms with Gasteiger partial charge in [-0.15, -0.1) is 0 Å². The predicted octanol–water partition coefficient (Wildman–Crippen LogP) is 1.67. The first-order valence-electron chi connectivity index (χ1n) is 4.75. The van der Waals surface area contributed by atoms with E-state index in [1.807, 2.05) is 0 Å². The van der Waals surface area contributed by atoms with Gasteiger partial charge in [0.05, 0.1) is 22.7 Å². The van der Waals surface area contributed by atoms with Crippen LogP contribution in [0.15, 0.2) is 29.2 Å². The van der Waals surface area contributed by atoms with Gasteiger partial charge >= 0.3 is 0 Å². The fraction of sp³-hybridized carbons (Fsp3) is 0.300. The number of hydrogen-bond donors (Lipinski definition) is 0. The Hall–Kier alpha value is -1.94. The third kappa shape index (κ3) is 2.60. The van der Waals surface area contributed by atoms with Gasteiger partial charge < -0.3 is 0 Å². The van der Waals surface area contributed by atoms with E-state index < -0.39 is 25.7 Å². The van der Waals surface area contributed by atoms with Crippen LogP contribution in [-0.2, 0) is 9.84 Å². The molecule has 0 N–H and O–H groups in total. The molecule has 7 heteroatoms.